The molecular weight excluding hydrogens is 152 g/mol. The zero-order valence-corrected chi connectivity index (χ0v) is 8.13. The molecule has 0 aromatic carbocycles. The molecule has 0 saturated carbocycles. The van der Waals surface area contributed by atoms with Crippen molar-refractivity contribution in [2.24, 2.45) is 0 Å². The number of hydrogen-bond acceptors (Lipinski definition) is 2. The Morgan fingerprint density at radius 1 is 1.50 bits per heavy atom. The van der Waals surface area contributed by atoms with Crippen molar-refractivity contribution in [3.05, 3.63) is 0 Å². The van der Waals surface area contributed by atoms with Gasteiger partial charge in [0.15, 0.2) is 0 Å². The summed E-state index contributed by atoms with van der Waals surface area (Å²) in [6.45, 7) is 8.69. The summed E-state index contributed by atoms with van der Waals surface area (Å²) >= 11 is 0. The normalized spacial score (nSPS) is 25.8. The summed E-state index contributed by atoms with van der Waals surface area (Å²) in [5.41, 5.74) is 0.235. The van der Waals surface area contributed by atoms with Crippen LogP contribution < -0.4 is 5.32 Å². The number of amides is 1. The number of carbonyl (C=O) groups excluding carboxylic acids is 1. The second-order valence-corrected chi connectivity index (χ2v) is 4.39. The van der Waals surface area contributed by atoms with E-state index < -0.39 is 0 Å². The van der Waals surface area contributed by atoms with Gasteiger partial charge in [-0.2, -0.15) is 0 Å². The molecule has 0 bridgehead atoms. The Bertz CT molecular complexity index is 162. The van der Waals surface area contributed by atoms with Crippen LogP contribution in [0.3, 0.4) is 0 Å². The fraction of sp³-hybridized carbons (Fsp3) is 0.889. The summed E-state index contributed by atoms with van der Waals surface area (Å²) in [7, 11) is 0. The lowest BCUT2D eigenvalue weighted by Gasteiger charge is -2.31. The van der Waals surface area contributed by atoms with Gasteiger partial charge in [-0.3, -0.25) is 9.69 Å². The molecule has 1 rings (SSSR count). The van der Waals surface area contributed by atoms with E-state index in [0.29, 0.717) is 6.04 Å². The van der Waals surface area contributed by atoms with Crippen molar-refractivity contribution in [2.45, 2.75) is 38.8 Å². The van der Waals surface area contributed by atoms with E-state index in [1.165, 1.54) is 0 Å². The molecule has 1 atom stereocenters. The highest BCUT2D eigenvalue weighted by Crippen LogP contribution is 2.19. The van der Waals surface area contributed by atoms with Crippen LogP contribution in [0.1, 0.15) is 27.2 Å². The number of carbonyl (C=O) groups is 1. The SMILES string of the molecule is CC(C)(C)N1CCC(NC=O)C1. The Labute approximate surface area is 74.1 Å². The van der Waals surface area contributed by atoms with Crippen molar-refractivity contribution in [1.29, 1.82) is 0 Å². The van der Waals surface area contributed by atoms with Crippen LogP contribution in [-0.4, -0.2) is 36.0 Å². The van der Waals surface area contributed by atoms with Crippen molar-refractivity contribution in [2.75, 3.05) is 13.1 Å². The molecule has 0 radical (unpaired) electrons. The van der Waals surface area contributed by atoms with E-state index >= 15 is 0 Å². The highest BCUT2D eigenvalue weighted by atomic mass is 16.1. The maximum Gasteiger partial charge on any atom is 0.207 e. The van der Waals surface area contributed by atoms with Gasteiger partial charge in [-0.25, -0.2) is 0 Å². The maximum atomic E-state index is 10.2. The molecule has 0 aromatic heterocycles. The van der Waals surface area contributed by atoms with Crippen molar-refractivity contribution >= 4 is 6.41 Å². The molecule has 1 saturated heterocycles. The Hall–Kier alpha value is -0.570. The first-order valence-corrected chi connectivity index (χ1v) is 4.49. The quantitative estimate of drug-likeness (QED) is 0.616. The lowest BCUT2D eigenvalue weighted by atomic mass is 10.1. The maximum absolute atomic E-state index is 10.2. The van der Waals surface area contributed by atoms with Gasteiger partial charge in [-0.05, 0) is 27.2 Å². The third-order valence-electron chi connectivity index (χ3n) is 2.44. The molecule has 1 heterocycles. The van der Waals surface area contributed by atoms with Crippen molar-refractivity contribution < 1.29 is 4.79 Å². The van der Waals surface area contributed by atoms with E-state index in [4.69, 9.17) is 0 Å². The monoisotopic (exact) mass is 170 g/mol. The third kappa shape index (κ3) is 2.21. The van der Waals surface area contributed by atoms with Gasteiger partial charge in [0.25, 0.3) is 0 Å². The van der Waals surface area contributed by atoms with Gasteiger partial charge in [0.1, 0.15) is 0 Å². The summed E-state index contributed by atoms with van der Waals surface area (Å²) in [5.74, 6) is 0. The minimum Gasteiger partial charge on any atom is -0.355 e. The molecule has 3 heteroatoms. The van der Waals surface area contributed by atoms with E-state index in [2.05, 4.69) is 31.0 Å². The van der Waals surface area contributed by atoms with Gasteiger partial charge < -0.3 is 5.32 Å². The first-order chi connectivity index (χ1) is 5.54. The van der Waals surface area contributed by atoms with Gasteiger partial charge in [0.2, 0.25) is 6.41 Å². The summed E-state index contributed by atoms with van der Waals surface area (Å²) in [6.07, 6.45) is 1.88. The summed E-state index contributed by atoms with van der Waals surface area (Å²) in [6, 6.07) is 0.363. The van der Waals surface area contributed by atoms with Crippen LogP contribution in [0.2, 0.25) is 0 Å². The van der Waals surface area contributed by atoms with E-state index in [1.54, 1.807) is 0 Å². The highest BCUT2D eigenvalue weighted by molar-refractivity contribution is 5.46. The van der Waals surface area contributed by atoms with E-state index in [9.17, 15) is 4.79 Å². The third-order valence-corrected chi connectivity index (χ3v) is 2.44. The fourth-order valence-electron chi connectivity index (χ4n) is 1.60. The predicted octanol–water partition coefficient (Wildman–Crippen LogP) is 0.605. The molecular formula is C9H18N2O. The predicted molar refractivity (Wildman–Crippen MR) is 48.9 cm³/mol. The van der Waals surface area contributed by atoms with Crippen LogP contribution in [0, 0.1) is 0 Å². The zero-order chi connectivity index (χ0) is 9.19. The molecule has 0 aliphatic carbocycles. The molecule has 1 aliphatic rings. The van der Waals surface area contributed by atoms with Gasteiger partial charge >= 0.3 is 0 Å². The average Bonchev–Trinajstić information content (AvgIpc) is 2.35. The summed E-state index contributed by atoms with van der Waals surface area (Å²) in [5, 5.41) is 2.82. The Morgan fingerprint density at radius 2 is 2.17 bits per heavy atom. The fourth-order valence-corrected chi connectivity index (χ4v) is 1.60. The molecule has 3 nitrogen and oxygen atoms in total. The van der Waals surface area contributed by atoms with Crippen molar-refractivity contribution in [1.82, 2.24) is 10.2 Å². The van der Waals surface area contributed by atoms with Crippen LogP contribution >= 0.6 is 0 Å². The van der Waals surface area contributed by atoms with Crippen LogP contribution in [0.4, 0.5) is 0 Å². The van der Waals surface area contributed by atoms with Gasteiger partial charge in [0, 0.05) is 24.7 Å². The standard InChI is InChI=1S/C9H18N2O/c1-9(2,3)11-5-4-8(6-11)10-7-12/h7-8H,4-6H2,1-3H3,(H,10,12). The van der Waals surface area contributed by atoms with Gasteiger partial charge in [-0.1, -0.05) is 0 Å². The van der Waals surface area contributed by atoms with Gasteiger partial charge in [0.05, 0.1) is 0 Å². The molecule has 1 fully saturated rings. The number of hydrogen-bond donors (Lipinski definition) is 1. The van der Waals surface area contributed by atoms with Crippen molar-refractivity contribution in [3.63, 3.8) is 0 Å². The smallest absolute Gasteiger partial charge is 0.207 e. The number of rotatable bonds is 2. The van der Waals surface area contributed by atoms with Crippen LogP contribution in [0.5, 0.6) is 0 Å². The van der Waals surface area contributed by atoms with Crippen molar-refractivity contribution in [3.8, 4) is 0 Å². The number of nitrogens with zero attached hydrogens (tertiary/aromatic N) is 1. The van der Waals surface area contributed by atoms with Crippen LogP contribution in [-0.2, 0) is 4.79 Å². The minimum absolute atomic E-state index is 0.235. The molecule has 1 N–H and O–H groups in total. The molecule has 1 amide bonds. The van der Waals surface area contributed by atoms with Crippen LogP contribution in [0.15, 0.2) is 0 Å². The zero-order valence-electron chi connectivity index (χ0n) is 8.13. The Kier molecular flexibility index (Phi) is 2.73. The van der Waals surface area contributed by atoms with E-state index in [1.807, 2.05) is 0 Å². The topological polar surface area (TPSA) is 32.3 Å². The van der Waals surface area contributed by atoms with Crippen LogP contribution in [0.25, 0.3) is 0 Å². The Morgan fingerprint density at radius 3 is 2.58 bits per heavy atom. The highest BCUT2D eigenvalue weighted by Gasteiger charge is 2.29. The molecule has 1 aliphatic heterocycles. The average molecular weight is 170 g/mol. The minimum atomic E-state index is 0.235. The number of nitrogens with one attached hydrogen (secondary N) is 1. The molecule has 70 valence electrons. The first kappa shape index (κ1) is 9.52. The number of likely N-dealkylation sites (tertiary alicyclic amines) is 1. The molecule has 0 spiro atoms. The second kappa shape index (κ2) is 3.44. The molecule has 12 heavy (non-hydrogen) atoms. The lowest BCUT2D eigenvalue weighted by molar-refractivity contribution is -0.110. The molecule has 0 aromatic rings. The Balaban J connectivity index is 2.40. The van der Waals surface area contributed by atoms with E-state index in [-0.39, 0.29) is 5.54 Å². The summed E-state index contributed by atoms with van der Waals surface area (Å²) < 4.78 is 0. The van der Waals surface area contributed by atoms with Gasteiger partial charge in [-0.15, -0.1) is 0 Å². The first-order valence-electron chi connectivity index (χ1n) is 4.49. The largest absolute Gasteiger partial charge is 0.355 e. The lowest BCUT2D eigenvalue weighted by Crippen LogP contribution is -2.41. The second-order valence-electron chi connectivity index (χ2n) is 4.39. The molecule has 1 unspecified atom stereocenters. The van der Waals surface area contributed by atoms with E-state index in [0.717, 1.165) is 25.9 Å². The summed E-state index contributed by atoms with van der Waals surface area (Å²) in [4.78, 5) is 12.6.